The van der Waals surface area contributed by atoms with E-state index in [0.717, 1.165) is 18.2 Å². The normalized spacial score (nSPS) is 12.5. The number of rotatable bonds is 3. The van der Waals surface area contributed by atoms with E-state index >= 15 is 0 Å². The molecule has 0 atom stereocenters. The highest BCUT2D eigenvalue weighted by Gasteiger charge is 2.30. The third kappa shape index (κ3) is 3.41. The third-order valence-corrected chi connectivity index (χ3v) is 2.89. The molecule has 0 aliphatic rings. The van der Waals surface area contributed by atoms with E-state index in [4.69, 9.17) is 0 Å². The fourth-order valence-electron chi connectivity index (χ4n) is 0.930. The van der Waals surface area contributed by atoms with Crippen molar-refractivity contribution >= 4 is 10.1 Å². The SMILES string of the molecule is CCS(=O)(=O)Oc1cccc(C(F)(F)F)c1. The zero-order chi connectivity index (χ0) is 12.4. The summed E-state index contributed by atoms with van der Waals surface area (Å²) in [6, 6.07) is 3.73. The number of benzene rings is 1. The molecule has 0 unspecified atom stereocenters. The van der Waals surface area contributed by atoms with Crippen LogP contribution in [0.1, 0.15) is 12.5 Å². The molecule has 0 amide bonds. The average Bonchev–Trinajstić information content (AvgIpc) is 2.16. The highest BCUT2D eigenvalue weighted by atomic mass is 32.2. The number of hydrogen-bond acceptors (Lipinski definition) is 3. The highest BCUT2D eigenvalue weighted by molar-refractivity contribution is 7.87. The molecule has 0 aromatic heterocycles. The third-order valence-electron chi connectivity index (χ3n) is 1.74. The van der Waals surface area contributed by atoms with E-state index in [1.807, 2.05) is 0 Å². The molecular weight excluding hydrogens is 245 g/mol. The summed E-state index contributed by atoms with van der Waals surface area (Å²) in [4.78, 5) is 0. The summed E-state index contributed by atoms with van der Waals surface area (Å²) in [7, 11) is -3.80. The van der Waals surface area contributed by atoms with Gasteiger partial charge in [0.15, 0.2) is 0 Å². The maximum Gasteiger partial charge on any atom is 0.416 e. The molecule has 1 aromatic carbocycles. The van der Waals surface area contributed by atoms with Gasteiger partial charge in [0.2, 0.25) is 0 Å². The van der Waals surface area contributed by atoms with Crippen molar-refractivity contribution in [3.8, 4) is 5.75 Å². The van der Waals surface area contributed by atoms with E-state index in [-0.39, 0.29) is 11.5 Å². The van der Waals surface area contributed by atoms with Crippen molar-refractivity contribution in [2.75, 3.05) is 5.75 Å². The summed E-state index contributed by atoms with van der Waals surface area (Å²) in [5, 5.41) is 0. The van der Waals surface area contributed by atoms with Gasteiger partial charge in [0, 0.05) is 0 Å². The molecule has 0 spiro atoms. The van der Waals surface area contributed by atoms with Crippen LogP contribution in [-0.2, 0) is 16.3 Å². The topological polar surface area (TPSA) is 43.4 Å². The van der Waals surface area contributed by atoms with Gasteiger partial charge in [-0.3, -0.25) is 0 Å². The number of alkyl halides is 3. The van der Waals surface area contributed by atoms with Gasteiger partial charge in [-0.05, 0) is 25.1 Å². The summed E-state index contributed by atoms with van der Waals surface area (Å²) < 4.78 is 63.3. The van der Waals surface area contributed by atoms with E-state index in [0.29, 0.717) is 6.07 Å². The molecule has 0 saturated carbocycles. The fourth-order valence-corrected chi connectivity index (χ4v) is 1.44. The van der Waals surface area contributed by atoms with Gasteiger partial charge in [-0.15, -0.1) is 0 Å². The fraction of sp³-hybridized carbons (Fsp3) is 0.333. The first kappa shape index (κ1) is 12.8. The molecule has 0 saturated heterocycles. The molecule has 0 fully saturated rings. The van der Waals surface area contributed by atoms with Crippen molar-refractivity contribution < 1.29 is 25.8 Å². The van der Waals surface area contributed by atoms with Crippen molar-refractivity contribution in [1.29, 1.82) is 0 Å². The van der Waals surface area contributed by atoms with Crippen LogP contribution in [0.2, 0.25) is 0 Å². The minimum Gasteiger partial charge on any atom is -0.382 e. The first-order valence-electron chi connectivity index (χ1n) is 4.34. The Bertz CT molecular complexity index is 465. The van der Waals surface area contributed by atoms with Crippen molar-refractivity contribution in [2.45, 2.75) is 13.1 Å². The molecule has 1 aromatic rings. The Labute approximate surface area is 91.0 Å². The monoisotopic (exact) mass is 254 g/mol. The molecule has 7 heteroatoms. The van der Waals surface area contributed by atoms with Crippen LogP contribution in [-0.4, -0.2) is 14.2 Å². The molecule has 3 nitrogen and oxygen atoms in total. The molecule has 1 rings (SSSR count). The average molecular weight is 254 g/mol. The first-order chi connectivity index (χ1) is 7.24. The minimum atomic E-state index is -4.52. The van der Waals surface area contributed by atoms with Crippen LogP contribution < -0.4 is 4.18 Å². The summed E-state index contributed by atoms with van der Waals surface area (Å²) in [6.07, 6.45) is -4.52. The minimum absolute atomic E-state index is 0.302. The molecule has 0 aliphatic carbocycles. The quantitative estimate of drug-likeness (QED) is 0.778. The van der Waals surface area contributed by atoms with Crippen LogP contribution in [0.25, 0.3) is 0 Å². The van der Waals surface area contributed by atoms with Gasteiger partial charge >= 0.3 is 16.3 Å². The molecule has 0 bridgehead atoms. The second-order valence-corrected chi connectivity index (χ2v) is 4.81. The summed E-state index contributed by atoms with van der Waals surface area (Å²) in [6.45, 7) is 1.34. The predicted octanol–water partition coefficient (Wildman–Crippen LogP) is 2.43. The van der Waals surface area contributed by atoms with Crippen LogP contribution in [0, 0.1) is 0 Å². The Kier molecular flexibility index (Phi) is 3.47. The zero-order valence-corrected chi connectivity index (χ0v) is 9.10. The van der Waals surface area contributed by atoms with E-state index in [1.165, 1.54) is 6.92 Å². The summed E-state index contributed by atoms with van der Waals surface area (Å²) >= 11 is 0. The zero-order valence-electron chi connectivity index (χ0n) is 8.28. The molecule has 0 radical (unpaired) electrons. The molecule has 90 valence electrons. The largest absolute Gasteiger partial charge is 0.416 e. The van der Waals surface area contributed by atoms with E-state index < -0.39 is 21.9 Å². The van der Waals surface area contributed by atoms with Crippen molar-refractivity contribution in [2.24, 2.45) is 0 Å². The Morgan fingerprint density at radius 2 is 1.94 bits per heavy atom. The van der Waals surface area contributed by atoms with Crippen molar-refractivity contribution in [3.63, 3.8) is 0 Å². The van der Waals surface area contributed by atoms with Gasteiger partial charge in [0.1, 0.15) is 5.75 Å². The van der Waals surface area contributed by atoms with E-state index in [9.17, 15) is 21.6 Å². The maximum absolute atomic E-state index is 12.3. The maximum atomic E-state index is 12.3. The van der Waals surface area contributed by atoms with Gasteiger partial charge < -0.3 is 4.18 Å². The van der Waals surface area contributed by atoms with Gasteiger partial charge in [-0.2, -0.15) is 21.6 Å². The van der Waals surface area contributed by atoms with Crippen LogP contribution >= 0.6 is 0 Å². The lowest BCUT2D eigenvalue weighted by Crippen LogP contribution is -2.12. The van der Waals surface area contributed by atoms with Crippen LogP contribution in [0.4, 0.5) is 13.2 Å². The van der Waals surface area contributed by atoms with Gasteiger partial charge in [0.25, 0.3) is 0 Å². The van der Waals surface area contributed by atoms with Crippen molar-refractivity contribution in [3.05, 3.63) is 29.8 Å². The van der Waals surface area contributed by atoms with Gasteiger partial charge in [-0.25, -0.2) is 0 Å². The standard InChI is InChI=1S/C9H9F3O3S/c1-2-16(13,14)15-8-5-3-4-7(6-8)9(10,11)12/h3-6H,2H2,1H3. The smallest absolute Gasteiger partial charge is 0.382 e. The lowest BCUT2D eigenvalue weighted by molar-refractivity contribution is -0.137. The Hall–Kier alpha value is -1.24. The lowest BCUT2D eigenvalue weighted by Gasteiger charge is -2.09. The van der Waals surface area contributed by atoms with E-state index in [1.54, 1.807) is 0 Å². The molecular formula is C9H9F3O3S. The lowest BCUT2D eigenvalue weighted by atomic mass is 10.2. The summed E-state index contributed by atoms with van der Waals surface area (Å²) in [5.74, 6) is -0.639. The molecule has 0 aliphatic heterocycles. The first-order valence-corrected chi connectivity index (χ1v) is 5.92. The van der Waals surface area contributed by atoms with Gasteiger partial charge in [-0.1, -0.05) is 6.07 Å². The predicted molar refractivity (Wildman–Crippen MR) is 51.5 cm³/mol. The second kappa shape index (κ2) is 4.32. The number of halogens is 3. The molecule has 16 heavy (non-hydrogen) atoms. The molecule has 0 N–H and O–H groups in total. The second-order valence-electron chi connectivity index (χ2n) is 2.96. The molecule has 0 heterocycles. The Balaban J connectivity index is 3.01. The Morgan fingerprint density at radius 1 is 1.31 bits per heavy atom. The Morgan fingerprint density at radius 3 is 2.44 bits per heavy atom. The summed E-state index contributed by atoms with van der Waals surface area (Å²) in [5.41, 5.74) is -0.948. The van der Waals surface area contributed by atoms with Crippen LogP contribution in [0.3, 0.4) is 0 Å². The highest BCUT2D eigenvalue weighted by Crippen LogP contribution is 2.31. The van der Waals surface area contributed by atoms with Crippen LogP contribution in [0.15, 0.2) is 24.3 Å². The van der Waals surface area contributed by atoms with Crippen LogP contribution in [0.5, 0.6) is 5.75 Å². The van der Waals surface area contributed by atoms with Gasteiger partial charge in [0.05, 0.1) is 11.3 Å². The van der Waals surface area contributed by atoms with Crippen molar-refractivity contribution in [1.82, 2.24) is 0 Å². The number of hydrogen-bond donors (Lipinski definition) is 0. The van der Waals surface area contributed by atoms with E-state index in [2.05, 4.69) is 4.18 Å².